The highest BCUT2D eigenvalue weighted by atomic mass is 32.1. The number of hydrogen-bond donors (Lipinski definition) is 0. The van der Waals surface area contributed by atoms with Crippen molar-refractivity contribution in [3.05, 3.63) is 40.8 Å². The van der Waals surface area contributed by atoms with E-state index in [2.05, 4.69) is 37.3 Å². The Morgan fingerprint density at radius 3 is 2.58 bits per heavy atom. The van der Waals surface area contributed by atoms with Crippen LogP contribution in [0.25, 0.3) is 0 Å². The highest BCUT2D eigenvalue weighted by Gasteiger charge is 2.36. The predicted molar refractivity (Wildman–Crippen MR) is 95.0 cm³/mol. The highest BCUT2D eigenvalue weighted by molar-refractivity contribution is 7.10. The molecule has 2 aliphatic rings. The van der Waals surface area contributed by atoms with Crippen molar-refractivity contribution in [2.24, 2.45) is 5.92 Å². The van der Waals surface area contributed by atoms with Gasteiger partial charge in [0.05, 0.1) is 6.04 Å². The lowest BCUT2D eigenvalue weighted by Gasteiger charge is -2.34. The summed E-state index contributed by atoms with van der Waals surface area (Å²) >= 11 is 1.77. The van der Waals surface area contributed by atoms with Crippen molar-refractivity contribution in [2.45, 2.75) is 31.7 Å². The summed E-state index contributed by atoms with van der Waals surface area (Å²) in [5, 5.41) is 2.11. The molecular weight excluding hydrogens is 320 g/mol. The number of likely N-dealkylation sites (tertiary alicyclic amines) is 1. The Bertz CT molecular complexity index is 668. The van der Waals surface area contributed by atoms with Crippen LogP contribution in [0.1, 0.15) is 36.6 Å². The van der Waals surface area contributed by atoms with Crippen LogP contribution in [0.3, 0.4) is 0 Å². The fourth-order valence-electron chi connectivity index (χ4n) is 3.82. The number of carbonyl (C=O) groups is 1. The quantitative estimate of drug-likeness (QED) is 0.860. The third-order valence-electron chi connectivity index (χ3n) is 5.09. The van der Waals surface area contributed by atoms with Crippen LogP contribution in [0.2, 0.25) is 0 Å². The summed E-state index contributed by atoms with van der Waals surface area (Å²) in [6.07, 6.45) is 7.55. The topological polar surface area (TPSA) is 49.3 Å². The molecule has 2 saturated heterocycles. The fourth-order valence-corrected chi connectivity index (χ4v) is 4.70. The number of piperidine rings is 1. The van der Waals surface area contributed by atoms with Crippen LogP contribution in [0.4, 0.5) is 5.95 Å². The summed E-state index contributed by atoms with van der Waals surface area (Å²) in [7, 11) is 0. The third kappa shape index (κ3) is 3.02. The van der Waals surface area contributed by atoms with Crippen LogP contribution < -0.4 is 4.90 Å². The Balaban J connectivity index is 1.39. The van der Waals surface area contributed by atoms with Gasteiger partial charge in [-0.2, -0.15) is 0 Å². The zero-order valence-electron chi connectivity index (χ0n) is 13.7. The minimum absolute atomic E-state index is 0.144. The molecule has 2 aromatic heterocycles. The Hall–Kier alpha value is -1.95. The number of amides is 1. The minimum atomic E-state index is 0.144. The lowest BCUT2D eigenvalue weighted by atomic mass is 9.95. The maximum Gasteiger partial charge on any atom is 0.226 e. The van der Waals surface area contributed by atoms with Crippen molar-refractivity contribution in [3.8, 4) is 0 Å². The molecule has 1 unspecified atom stereocenters. The average Bonchev–Trinajstić information content (AvgIpc) is 3.33. The second-order valence-corrected chi connectivity index (χ2v) is 7.49. The van der Waals surface area contributed by atoms with Gasteiger partial charge in [-0.3, -0.25) is 4.79 Å². The summed E-state index contributed by atoms with van der Waals surface area (Å²) < 4.78 is 0. The van der Waals surface area contributed by atoms with Crippen molar-refractivity contribution in [1.29, 1.82) is 0 Å². The van der Waals surface area contributed by atoms with Gasteiger partial charge in [-0.15, -0.1) is 11.3 Å². The molecule has 0 radical (unpaired) electrons. The standard InChI is InChI=1S/C18H22N4OS/c23-17(22-10-1-4-15(22)16-5-2-13-24-16)14-6-11-21(12-7-14)18-19-8-3-9-20-18/h2-3,5,8-9,13-15H,1,4,6-7,10-12H2. The molecular formula is C18H22N4OS. The summed E-state index contributed by atoms with van der Waals surface area (Å²) in [5.41, 5.74) is 0. The lowest BCUT2D eigenvalue weighted by Crippen LogP contribution is -2.42. The molecule has 1 atom stereocenters. The molecule has 0 N–H and O–H groups in total. The van der Waals surface area contributed by atoms with E-state index in [1.807, 2.05) is 6.07 Å². The molecule has 126 valence electrons. The van der Waals surface area contributed by atoms with E-state index < -0.39 is 0 Å². The Kier molecular flexibility index (Phi) is 4.47. The maximum absolute atomic E-state index is 13.0. The number of aromatic nitrogens is 2. The van der Waals surface area contributed by atoms with Crippen molar-refractivity contribution in [3.63, 3.8) is 0 Å². The largest absolute Gasteiger partial charge is 0.341 e. The molecule has 24 heavy (non-hydrogen) atoms. The number of thiophene rings is 1. The van der Waals surface area contributed by atoms with Crippen LogP contribution in [0.5, 0.6) is 0 Å². The Morgan fingerprint density at radius 1 is 1.08 bits per heavy atom. The molecule has 2 aliphatic heterocycles. The molecule has 4 heterocycles. The summed E-state index contributed by atoms with van der Waals surface area (Å²) in [6.45, 7) is 2.62. The van der Waals surface area contributed by atoms with Gasteiger partial charge in [0, 0.05) is 42.8 Å². The number of hydrogen-bond acceptors (Lipinski definition) is 5. The lowest BCUT2D eigenvalue weighted by molar-refractivity contribution is -0.137. The molecule has 2 fully saturated rings. The molecule has 0 saturated carbocycles. The molecule has 0 aromatic carbocycles. The summed E-state index contributed by atoms with van der Waals surface area (Å²) in [5.74, 6) is 1.27. The average molecular weight is 342 g/mol. The molecule has 2 aromatic rings. The molecule has 0 aliphatic carbocycles. The van der Waals surface area contributed by atoms with Crippen molar-refractivity contribution < 1.29 is 4.79 Å². The molecule has 6 heteroatoms. The van der Waals surface area contributed by atoms with Gasteiger partial charge < -0.3 is 9.80 Å². The zero-order chi connectivity index (χ0) is 16.4. The summed E-state index contributed by atoms with van der Waals surface area (Å²) in [4.78, 5) is 27.3. The normalized spacial score (nSPS) is 22.1. The van der Waals surface area contributed by atoms with Gasteiger partial charge in [-0.25, -0.2) is 9.97 Å². The van der Waals surface area contributed by atoms with Crippen LogP contribution >= 0.6 is 11.3 Å². The van der Waals surface area contributed by atoms with Gasteiger partial charge in [0.2, 0.25) is 11.9 Å². The van der Waals surface area contributed by atoms with E-state index in [0.717, 1.165) is 51.3 Å². The molecule has 1 amide bonds. The zero-order valence-corrected chi connectivity index (χ0v) is 14.5. The molecule has 4 rings (SSSR count). The van der Waals surface area contributed by atoms with Crippen LogP contribution in [-0.4, -0.2) is 40.4 Å². The van der Waals surface area contributed by atoms with E-state index >= 15 is 0 Å². The van der Waals surface area contributed by atoms with E-state index in [-0.39, 0.29) is 5.92 Å². The smallest absolute Gasteiger partial charge is 0.226 e. The van der Waals surface area contributed by atoms with E-state index in [1.165, 1.54) is 4.88 Å². The van der Waals surface area contributed by atoms with E-state index in [1.54, 1.807) is 23.7 Å². The van der Waals surface area contributed by atoms with Crippen LogP contribution in [-0.2, 0) is 4.79 Å². The summed E-state index contributed by atoms with van der Waals surface area (Å²) in [6, 6.07) is 6.38. The highest BCUT2D eigenvalue weighted by Crippen LogP contribution is 2.36. The first-order chi connectivity index (χ1) is 11.8. The van der Waals surface area contributed by atoms with Crippen molar-refractivity contribution in [1.82, 2.24) is 14.9 Å². The molecule has 5 nitrogen and oxygen atoms in total. The third-order valence-corrected chi connectivity index (χ3v) is 6.06. The Labute approximate surface area is 146 Å². The first kappa shape index (κ1) is 15.6. The van der Waals surface area contributed by atoms with Crippen molar-refractivity contribution >= 4 is 23.2 Å². The fraction of sp³-hybridized carbons (Fsp3) is 0.500. The van der Waals surface area contributed by atoms with Crippen LogP contribution in [0, 0.1) is 5.92 Å². The predicted octanol–water partition coefficient (Wildman–Crippen LogP) is 3.12. The molecule has 0 spiro atoms. The van der Waals surface area contributed by atoms with Crippen LogP contribution in [0.15, 0.2) is 36.0 Å². The van der Waals surface area contributed by atoms with Gasteiger partial charge in [0.1, 0.15) is 0 Å². The Morgan fingerprint density at radius 2 is 1.88 bits per heavy atom. The van der Waals surface area contributed by atoms with E-state index in [4.69, 9.17) is 0 Å². The van der Waals surface area contributed by atoms with Gasteiger partial charge in [0.25, 0.3) is 0 Å². The molecule has 0 bridgehead atoms. The van der Waals surface area contributed by atoms with E-state index in [0.29, 0.717) is 11.9 Å². The van der Waals surface area contributed by atoms with Gasteiger partial charge >= 0.3 is 0 Å². The van der Waals surface area contributed by atoms with Crippen molar-refractivity contribution in [2.75, 3.05) is 24.5 Å². The SMILES string of the molecule is O=C(C1CCN(c2ncccn2)CC1)N1CCCC1c1cccs1. The first-order valence-corrected chi connectivity index (χ1v) is 9.57. The monoisotopic (exact) mass is 342 g/mol. The second-order valence-electron chi connectivity index (χ2n) is 6.52. The second kappa shape index (κ2) is 6.89. The van der Waals surface area contributed by atoms with E-state index in [9.17, 15) is 4.79 Å². The first-order valence-electron chi connectivity index (χ1n) is 8.69. The van der Waals surface area contributed by atoms with Gasteiger partial charge in [-0.05, 0) is 43.2 Å². The number of nitrogens with zero attached hydrogens (tertiary/aromatic N) is 4. The van der Waals surface area contributed by atoms with Gasteiger partial charge in [-0.1, -0.05) is 6.07 Å². The van der Waals surface area contributed by atoms with Gasteiger partial charge in [0.15, 0.2) is 0 Å². The number of carbonyl (C=O) groups excluding carboxylic acids is 1. The number of anilines is 1. The maximum atomic E-state index is 13.0. The number of rotatable bonds is 3. The minimum Gasteiger partial charge on any atom is -0.341 e.